The van der Waals surface area contributed by atoms with Crippen molar-refractivity contribution in [1.82, 2.24) is 9.55 Å². The van der Waals surface area contributed by atoms with Crippen molar-refractivity contribution in [2.75, 3.05) is 7.11 Å². The van der Waals surface area contributed by atoms with Crippen LogP contribution >= 0.6 is 0 Å². The molecule has 0 bridgehead atoms. The van der Waals surface area contributed by atoms with E-state index in [2.05, 4.69) is 17.1 Å². The molecular weight excluding hydrogens is 318 g/mol. The molecule has 132 valence electrons. The van der Waals surface area contributed by atoms with Gasteiger partial charge in [0.1, 0.15) is 18.5 Å². The third-order valence-electron chi connectivity index (χ3n) is 4.78. The number of fused-ring (bicyclic) bond motifs is 1. The Bertz CT molecular complexity index is 837. The van der Waals surface area contributed by atoms with Crippen LogP contribution in [0.2, 0.25) is 0 Å². The fourth-order valence-electron chi connectivity index (χ4n) is 3.55. The number of allylic oxidation sites excluding steroid dienone is 1. The summed E-state index contributed by atoms with van der Waals surface area (Å²) in [5, 5.41) is 11.1. The summed E-state index contributed by atoms with van der Waals surface area (Å²) in [5.74, 6) is 1.64. The molecule has 1 heterocycles. The Labute approximate surface area is 147 Å². The van der Waals surface area contributed by atoms with Crippen molar-refractivity contribution in [3.05, 3.63) is 56.5 Å². The summed E-state index contributed by atoms with van der Waals surface area (Å²) >= 11 is 0. The lowest BCUT2D eigenvalue weighted by atomic mass is 9.87. The molecule has 0 atom stereocenters. The number of nitro groups is 1. The number of methoxy groups -OCH3 is 1. The largest absolute Gasteiger partial charge is 0.496 e. The van der Waals surface area contributed by atoms with Crippen molar-refractivity contribution in [3.8, 4) is 5.75 Å². The first-order chi connectivity index (χ1) is 12.0. The topological polar surface area (TPSA) is 70.2 Å². The van der Waals surface area contributed by atoms with Crippen LogP contribution in [0.25, 0.3) is 6.08 Å². The van der Waals surface area contributed by atoms with Crippen LogP contribution in [0.5, 0.6) is 5.75 Å². The Morgan fingerprint density at radius 1 is 1.36 bits per heavy atom. The van der Waals surface area contributed by atoms with E-state index in [-0.39, 0.29) is 10.7 Å². The molecule has 1 aromatic carbocycles. The molecule has 0 saturated carbocycles. The number of imidazole rings is 1. The van der Waals surface area contributed by atoms with Crippen LogP contribution in [0, 0.1) is 17.0 Å². The second-order valence-electron chi connectivity index (χ2n) is 6.52. The Morgan fingerprint density at radius 2 is 2.08 bits per heavy atom. The standard InChI is InChI=1S/C19H23N3O3/c1-13(12-21-14(2)20-11-19(21)22(23)24)10-15-8-9-18(25-3)17-7-5-4-6-16(15)17/h8-11H,4-7,12H2,1-3H3/b13-10+. The van der Waals surface area contributed by atoms with Gasteiger partial charge in [0.2, 0.25) is 0 Å². The van der Waals surface area contributed by atoms with Gasteiger partial charge in [-0.1, -0.05) is 12.1 Å². The van der Waals surface area contributed by atoms with Crippen LogP contribution in [0.3, 0.4) is 0 Å². The van der Waals surface area contributed by atoms with E-state index in [9.17, 15) is 10.1 Å². The maximum atomic E-state index is 11.1. The molecular formula is C19H23N3O3. The van der Waals surface area contributed by atoms with Gasteiger partial charge < -0.3 is 14.9 Å². The van der Waals surface area contributed by atoms with Gasteiger partial charge in [0, 0.05) is 6.92 Å². The molecule has 3 rings (SSSR count). The van der Waals surface area contributed by atoms with E-state index in [1.165, 1.54) is 35.7 Å². The fraction of sp³-hybridized carbons (Fsp3) is 0.421. The number of benzene rings is 1. The Morgan fingerprint density at radius 3 is 2.76 bits per heavy atom. The van der Waals surface area contributed by atoms with E-state index in [0.717, 1.165) is 24.2 Å². The van der Waals surface area contributed by atoms with E-state index in [0.29, 0.717) is 12.4 Å². The number of rotatable bonds is 5. The van der Waals surface area contributed by atoms with Crippen molar-refractivity contribution in [1.29, 1.82) is 0 Å². The van der Waals surface area contributed by atoms with Crippen LogP contribution < -0.4 is 4.74 Å². The number of ether oxygens (including phenoxy) is 1. The molecule has 1 aromatic heterocycles. The molecule has 2 aromatic rings. The number of hydrogen-bond donors (Lipinski definition) is 0. The highest BCUT2D eigenvalue weighted by atomic mass is 16.6. The molecule has 1 aliphatic carbocycles. The van der Waals surface area contributed by atoms with Crippen LogP contribution in [-0.4, -0.2) is 21.6 Å². The van der Waals surface area contributed by atoms with Crippen molar-refractivity contribution in [2.24, 2.45) is 0 Å². The highest BCUT2D eigenvalue weighted by molar-refractivity contribution is 5.61. The molecule has 0 N–H and O–H groups in total. The maximum absolute atomic E-state index is 11.1. The average molecular weight is 341 g/mol. The molecule has 0 unspecified atom stereocenters. The summed E-state index contributed by atoms with van der Waals surface area (Å²) in [6.45, 7) is 4.25. The van der Waals surface area contributed by atoms with Gasteiger partial charge >= 0.3 is 5.82 Å². The Hall–Kier alpha value is -2.63. The number of aryl methyl sites for hydroxylation is 1. The van der Waals surface area contributed by atoms with Gasteiger partial charge in [-0.25, -0.2) is 9.55 Å². The molecule has 0 fully saturated rings. The van der Waals surface area contributed by atoms with Crippen LogP contribution in [-0.2, 0) is 19.4 Å². The van der Waals surface area contributed by atoms with Crippen LogP contribution in [0.1, 0.15) is 42.3 Å². The van der Waals surface area contributed by atoms with Gasteiger partial charge in [-0.15, -0.1) is 0 Å². The van der Waals surface area contributed by atoms with E-state index >= 15 is 0 Å². The lowest BCUT2D eigenvalue weighted by Crippen LogP contribution is -2.08. The monoisotopic (exact) mass is 341 g/mol. The molecule has 1 aliphatic rings. The molecule has 0 spiro atoms. The summed E-state index contributed by atoms with van der Waals surface area (Å²) in [6, 6.07) is 4.11. The van der Waals surface area contributed by atoms with E-state index < -0.39 is 0 Å². The van der Waals surface area contributed by atoms with Crippen molar-refractivity contribution >= 4 is 11.9 Å². The molecule has 6 nitrogen and oxygen atoms in total. The third kappa shape index (κ3) is 3.43. The summed E-state index contributed by atoms with van der Waals surface area (Å²) < 4.78 is 7.15. The summed E-state index contributed by atoms with van der Waals surface area (Å²) in [7, 11) is 1.71. The number of hydrogen-bond acceptors (Lipinski definition) is 4. The predicted molar refractivity (Wildman–Crippen MR) is 96.9 cm³/mol. The number of aromatic nitrogens is 2. The minimum atomic E-state index is -0.386. The highest BCUT2D eigenvalue weighted by Crippen LogP contribution is 2.33. The molecule has 0 saturated heterocycles. The third-order valence-corrected chi connectivity index (χ3v) is 4.78. The number of nitrogens with zero attached hydrogens (tertiary/aromatic N) is 3. The first-order valence-corrected chi connectivity index (χ1v) is 8.53. The van der Waals surface area contributed by atoms with Gasteiger partial charge in [0.25, 0.3) is 0 Å². The van der Waals surface area contributed by atoms with Crippen molar-refractivity contribution in [2.45, 2.75) is 46.1 Å². The van der Waals surface area contributed by atoms with Gasteiger partial charge in [-0.3, -0.25) is 0 Å². The lowest BCUT2D eigenvalue weighted by Gasteiger charge is -2.21. The quantitative estimate of drug-likeness (QED) is 0.606. The molecule has 0 aliphatic heterocycles. The van der Waals surface area contributed by atoms with Crippen LogP contribution in [0.4, 0.5) is 5.82 Å². The summed E-state index contributed by atoms with van der Waals surface area (Å²) in [5.41, 5.74) is 4.90. The fourth-order valence-corrected chi connectivity index (χ4v) is 3.55. The normalized spacial score (nSPS) is 14.3. The van der Waals surface area contributed by atoms with Gasteiger partial charge in [-0.05, 0) is 65.9 Å². The second kappa shape index (κ2) is 7.09. The minimum Gasteiger partial charge on any atom is -0.496 e. The molecule has 0 radical (unpaired) electrons. The molecule has 6 heteroatoms. The molecule has 25 heavy (non-hydrogen) atoms. The SMILES string of the molecule is COc1ccc(/C=C(\C)Cn2c([N+](=O)[O-])cnc2C)c2c1CCCC2. The first-order valence-electron chi connectivity index (χ1n) is 8.53. The van der Waals surface area contributed by atoms with E-state index in [1.807, 2.05) is 13.0 Å². The average Bonchev–Trinajstić information content (AvgIpc) is 2.96. The van der Waals surface area contributed by atoms with Gasteiger partial charge in [-0.2, -0.15) is 0 Å². The Kier molecular flexibility index (Phi) is 4.88. The smallest absolute Gasteiger partial charge is 0.343 e. The summed E-state index contributed by atoms with van der Waals surface area (Å²) in [4.78, 5) is 14.8. The minimum absolute atomic E-state index is 0.0296. The van der Waals surface area contributed by atoms with Crippen molar-refractivity contribution < 1.29 is 9.66 Å². The molecule has 0 amide bonds. The maximum Gasteiger partial charge on any atom is 0.343 e. The van der Waals surface area contributed by atoms with Gasteiger partial charge in [0.15, 0.2) is 5.82 Å². The Balaban J connectivity index is 1.93. The van der Waals surface area contributed by atoms with Crippen molar-refractivity contribution in [3.63, 3.8) is 0 Å². The van der Waals surface area contributed by atoms with Crippen LogP contribution in [0.15, 0.2) is 23.9 Å². The first kappa shape index (κ1) is 17.2. The summed E-state index contributed by atoms with van der Waals surface area (Å²) in [6.07, 6.45) is 7.92. The van der Waals surface area contributed by atoms with E-state index in [4.69, 9.17) is 4.74 Å². The zero-order valence-corrected chi connectivity index (χ0v) is 14.9. The zero-order chi connectivity index (χ0) is 18.0. The second-order valence-corrected chi connectivity index (χ2v) is 6.52. The van der Waals surface area contributed by atoms with Gasteiger partial charge in [0.05, 0.1) is 7.11 Å². The zero-order valence-electron chi connectivity index (χ0n) is 14.9. The highest BCUT2D eigenvalue weighted by Gasteiger charge is 2.19. The lowest BCUT2D eigenvalue weighted by molar-refractivity contribution is -0.392. The van der Waals surface area contributed by atoms with E-state index in [1.54, 1.807) is 18.6 Å². The predicted octanol–water partition coefficient (Wildman–Crippen LogP) is 4.09.